The van der Waals surface area contributed by atoms with Crippen LogP contribution in [0.3, 0.4) is 0 Å². The van der Waals surface area contributed by atoms with Crippen LogP contribution in [0.5, 0.6) is 0 Å². The fourth-order valence-corrected chi connectivity index (χ4v) is 6.72. The van der Waals surface area contributed by atoms with E-state index in [0.29, 0.717) is 17.8 Å². The minimum absolute atomic E-state index is 0.00668. The molecule has 6 atom stereocenters. The van der Waals surface area contributed by atoms with Crippen LogP contribution in [0.2, 0.25) is 0 Å². The molecule has 0 aromatic heterocycles. The Balaban J connectivity index is 1.35. The summed E-state index contributed by atoms with van der Waals surface area (Å²) >= 11 is 0. The largest absolute Gasteiger partial charge is 0.458 e. The molecule has 0 N–H and O–H groups in total. The van der Waals surface area contributed by atoms with Crippen LogP contribution in [0, 0.1) is 29.6 Å². The Kier molecular flexibility index (Phi) is 4.54. The molecule has 0 heterocycles. The zero-order valence-electron chi connectivity index (χ0n) is 19.0. The first-order valence-electron chi connectivity index (χ1n) is 12.1. The van der Waals surface area contributed by atoms with Crippen LogP contribution in [0.4, 0.5) is 0 Å². The van der Waals surface area contributed by atoms with Crippen molar-refractivity contribution < 1.29 is 9.53 Å². The molecule has 2 heteroatoms. The van der Waals surface area contributed by atoms with Gasteiger partial charge in [0.1, 0.15) is 6.10 Å². The lowest BCUT2D eigenvalue weighted by molar-refractivity contribution is -0.156. The fraction of sp³-hybridized carbons (Fsp3) is 0.367. The van der Waals surface area contributed by atoms with Crippen molar-refractivity contribution in [3.8, 4) is 0 Å². The number of esters is 1. The van der Waals surface area contributed by atoms with Crippen molar-refractivity contribution in [3.63, 3.8) is 0 Å². The number of hydrogen-bond acceptors (Lipinski definition) is 2. The average molecular weight is 423 g/mol. The highest BCUT2D eigenvalue weighted by Crippen LogP contribution is 2.55. The van der Waals surface area contributed by atoms with Gasteiger partial charge in [0.15, 0.2) is 0 Å². The van der Waals surface area contributed by atoms with Gasteiger partial charge in [0, 0.05) is 0 Å². The Bertz CT molecular complexity index is 1320. The molecule has 0 amide bonds. The standard InChI is InChI=1S/C30H30O2/c1-17-18(2)27-15-21(17)16-29(27)30(31)32-19(3)20-12-13-26-24-10-5-4-8-22(24)23-9-6-7-11-25(23)28(26)14-20/h4-14,17-19,21,27,29H,15-16H2,1-3H3. The van der Waals surface area contributed by atoms with Crippen molar-refractivity contribution in [3.05, 3.63) is 72.3 Å². The summed E-state index contributed by atoms with van der Waals surface area (Å²) in [5.74, 6) is 2.66. The average Bonchev–Trinajstić information content (AvgIpc) is 3.38. The quantitative estimate of drug-likeness (QED) is 0.250. The fourth-order valence-electron chi connectivity index (χ4n) is 6.72. The number of rotatable bonds is 3. The van der Waals surface area contributed by atoms with Crippen LogP contribution in [-0.4, -0.2) is 5.97 Å². The van der Waals surface area contributed by atoms with E-state index >= 15 is 0 Å². The van der Waals surface area contributed by atoms with E-state index in [0.717, 1.165) is 17.9 Å². The molecular formula is C30H30O2. The number of ether oxygens (including phenoxy) is 1. The van der Waals surface area contributed by atoms with Crippen LogP contribution in [0.25, 0.3) is 32.3 Å². The molecule has 6 rings (SSSR count). The van der Waals surface area contributed by atoms with E-state index in [1.165, 1.54) is 38.7 Å². The van der Waals surface area contributed by atoms with E-state index in [1.807, 2.05) is 6.92 Å². The molecule has 2 nitrogen and oxygen atoms in total. The van der Waals surface area contributed by atoms with Gasteiger partial charge in [-0.3, -0.25) is 4.79 Å². The maximum absolute atomic E-state index is 13.1. The van der Waals surface area contributed by atoms with Crippen molar-refractivity contribution in [1.29, 1.82) is 0 Å². The maximum atomic E-state index is 13.1. The zero-order valence-corrected chi connectivity index (χ0v) is 19.0. The van der Waals surface area contributed by atoms with E-state index < -0.39 is 0 Å². The van der Waals surface area contributed by atoms with Gasteiger partial charge in [-0.15, -0.1) is 0 Å². The lowest BCUT2D eigenvalue weighted by Gasteiger charge is -2.31. The van der Waals surface area contributed by atoms with E-state index in [1.54, 1.807) is 0 Å². The Morgan fingerprint density at radius 1 is 0.781 bits per heavy atom. The summed E-state index contributed by atoms with van der Waals surface area (Å²) in [5.41, 5.74) is 1.07. The molecule has 0 spiro atoms. The van der Waals surface area contributed by atoms with Crippen LogP contribution in [0.1, 0.15) is 45.3 Å². The Morgan fingerprint density at radius 2 is 1.34 bits per heavy atom. The summed E-state index contributed by atoms with van der Waals surface area (Å²) in [5, 5.41) is 7.53. The van der Waals surface area contributed by atoms with Crippen LogP contribution < -0.4 is 0 Å². The lowest BCUT2D eigenvalue weighted by Crippen LogP contribution is -2.31. The third-order valence-corrected chi connectivity index (χ3v) is 8.73. The van der Waals surface area contributed by atoms with Gasteiger partial charge < -0.3 is 4.74 Å². The monoisotopic (exact) mass is 422 g/mol. The van der Waals surface area contributed by atoms with Crippen molar-refractivity contribution in [2.45, 2.75) is 39.7 Å². The molecule has 4 aromatic carbocycles. The predicted molar refractivity (Wildman–Crippen MR) is 131 cm³/mol. The minimum atomic E-state index is -0.246. The van der Waals surface area contributed by atoms with Crippen LogP contribution in [0.15, 0.2) is 66.7 Å². The van der Waals surface area contributed by atoms with Crippen LogP contribution >= 0.6 is 0 Å². The topological polar surface area (TPSA) is 26.3 Å². The number of fused-ring (bicyclic) bond motifs is 8. The summed E-state index contributed by atoms with van der Waals surface area (Å²) in [4.78, 5) is 13.1. The second-order valence-corrected chi connectivity index (χ2v) is 10.2. The highest BCUT2D eigenvalue weighted by molar-refractivity contribution is 6.25. The summed E-state index contributed by atoms with van der Waals surface area (Å²) in [7, 11) is 0. The number of carbonyl (C=O) groups is 1. The second kappa shape index (κ2) is 7.33. The van der Waals surface area contributed by atoms with Crippen molar-refractivity contribution in [2.24, 2.45) is 29.6 Å². The van der Waals surface area contributed by atoms with E-state index in [-0.39, 0.29) is 18.0 Å². The first-order chi connectivity index (χ1) is 15.5. The van der Waals surface area contributed by atoms with Crippen molar-refractivity contribution in [2.75, 3.05) is 0 Å². The number of benzene rings is 4. The first kappa shape index (κ1) is 19.8. The van der Waals surface area contributed by atoms with Crippen molar-refractivity contribution >= 4 is 38.3 Å². The SMILES string of the molecule is CC(OC(=O)C1CC2CC1C(C)C2C)c1ccc2c3ccccc3c3ccccc3c2c1. The molecular weight excluding hydrogens is 392 g/mol. The molecule has 0 aliphatic heterocycles. The van der Waals surface area contributed by atoms with E-state index in [9.17, 15) is 4.79 Å². The van der Waals surface area contributed by atoms with Gasteiger partial charge in [-0.05, 0) is 87.4 Å². The van der Waals surface area contributed by atoms with Gasteiger partial charge in [0.25, 0.3) is 0 Å². The number of carbonyl (C=O) groups excluding carboxylic acids is 1. The van der Waals surface area contributed by atoms with Gasteiger partial charge in [-0.25, -0.2) is 0 Å². The van der Waals surface area contributed by atoms with Crippen molar-refractivity contribution in [1.82, 2.24) is 0 Å². The van der Waals surface area contributed by atoms with E-state index in [2.05, 4.69) is 80.6 Å². The molecule has 4 aromatic rings. The normalized spacial score (nSPS) is 27.9. The molecule has 2 fully saturated rings. The molecule has 0 saturated heterocycles. The third kappa shape index (κ3) is 2.88. The first-order valence-corrected chi connectivity index (χ1v) is 12.1. The second-order valence-electron chi connectivity index (χ2n) is 10.2. The van der Waals surface area contributed by atoms with Gasteiger partial charge in [-0.2, -0.15) is 0 Å². The van der Waals surface area contributed by atoms with E-state index in [4.69, 9.17) is 4.74 Å². The Morgan fingerprint density at radius 3 is 1.91 bits per heavy atom. The lowest BCUT2D eigenvalue weighted by atomic mass is 9.76. The maximum Gasteiger partial charge on any atom is 0.309 e. The molecule has 0 radical (unpaired) electrons. The highest BCUT2D eigenvalue weighted by Gasteiger charge is 2.51. The van der Waals surface area contributed by atoms with Crippen LogP contribution in [-0.2, 0) is 9.53 Å². The minimum Gasteiger partial charge on any atom is -0.458 e. The highest BCUT2D eigenvalue weighted by atomic mass is 16.5. The summed E-state index contributed by atoms with van der Waals surface area (Å²) in [6.07, 6.45) is 1.96. The zero-order chi connectivity index (χ0) is 22.0. The molecule has 2 bridgehead atoms. The Labute approximate surface area is 189 Å². The molecule has 2 aliphatic rings. The molecule has 2 saturated carbocycles. The summed E-state index contributed by atoms with van der Waals surface area (Å²) in [6, 6.07) is 23.8. The predicted octanol–water partition coefficient (Wildman–Crippen LogP) is 7.68. The summed E-state index contributed by atoms with van der Waals surface area (Å²) in [6.45, 7) is 6.68. The Hall–Kier alpha value is -2.87. The van der Waals surface area contributed by atoms with Gasteiger partial charge in [0.2, 0.25) is 0 Å². The van der Waals surface area contributed by atoms with Gasteiger partial charge in [-0.1, -0.05) is 74.5 Å². The third-order valence-electron chi connectivity index (χ3n) is 8.73. The smallest absolute Gasteiger partial charge is 0.309 e. The summed E-state index contributed by atoms with van der Waals surface area (Å²) < 4.78 is 6.07. The molecule has 2 aliphatic carbocycles. The molecule has 32 heavy (non-hydrogen) atoms. The van der Waals surface area contributed by atoms with Gasteiger partial charge >= 0.3 is 5.97 Å². The number of hydrogen-bond donors (Lipinski definition) is 0. The van der Waals surface area contributed by atoms with Gasteiger partial charge in [0.05, 0.1) is 5.92 Å². The molecule has 162 valence electrons. The molecule has 6 unspecified atom stereocenters.